The highest BCUT2D eigenvalue weighted by atomic mass is 79.9. The van der Waals surface area contributed by atoms with E-state index >= 15 is 0 Å². The number of nitrogens with one attached hydrogen (secondary N) is 1. The Hall–Kier alpha value is -1.90. The van der Waals surface area contributed by atoms with Crippen molar-refractivity contribution >= 4 is 37.5 Å². The number of carbonyl (C=O) groups excluding carboxylic acids is 1. The Kier molecular flexibility index (Phi) is 6.42. The van der Waals surface area contributed by atoms with Crippen LogP contribution in [-0.2, 0) is 14.8 Å². The van der Waals surface area contributed by atoms with E-state index in [4.69, 9.17) is 4.74 Å². The summed E-state index contributed by atoms with van der Waals surface area (Å²) in [6.45, 7) is 2.38. The molecule has 1 heterocycles. The Labute approximate surface area is 174 Å². The molecular weight excluding hydrogens is 444 g/mol. The van der Waals surface area contributed by atoms with Crippen LogP contribution in [0.2, 0.25) is 0 Å². The third-order valence-electron chi connectivity index (χ3n) is 4.80. The highest BCUT2D eigenvalue weighted by Gasteiger charge is 2.34. The summed E-state index contributed by atoms with van der Waals surface area (Å²) in [4.78, 5) is 12.8. The van der Waals surface area contributed by atoms with Gasteiger partial charge in [-0.1, -0.05) is 22.0 Å². The number of ether oxygens (including phenoxy) is 1. The predicted molar refractivity (Wildman–Crippen MR) is 112 cm³/mol. The van der Waals surface area contributed by atoms with Crippen LogP contribution in [0.25, 0.3) is 0 Å². The lowest BCUT2D eigenvalue weighted by atomic mass is 9.99. The molecule has 2 aromatic rings. The molecule has 2 aromatic carbocycles. The van der Waals surface area contributed by atoms with E-state index in [1.807, 2.05) is 25.1 Å². The number of benzene rings is 2. The van der Waals surface area contributed by atoms with Crippen LogP contribution >= 0.6 is 15.9 Å². The van der Waals surface area contributed by atoms with Gasteiger partial charge in [0.25, 0.3) is 0 Å². The first-order valence-corrected chi connectivity index (χ1v) is 11.3. The molecule has 0 spiro atoms. The summed E-state index contributed by atoms with van der Waals surface area (Å²) in [7, 11) is -2.30. The third kappa shape index (κ3) is 4.56. The van der Waals surface area contributed by atoms with Crippen molar-refractivity contribution in [3.63, 3.8) is 0 Å². The van der Waals surface area contributed by atoms with Crippen molar-refractivity contribution in [2.24, 2.45) is 5.92 Å². The molecule has 0 saturated carbocycles. The minimum absolute atomic E-state index is 0.143. The van der Waals surface area contributed by atoms with Gasteiger partial charge >= 0.3 is 0 Å². The molecule has 0 aromatic heterocycles. The molecule has 1 atom stereocenters. The number of anilines is 1. The Morgan fingerprint density at radius 1 is 1.21 bits per heavy atom. The molecule has 1 N–H and O–H groups in total. The molecule has 28 heavy (non-hydrogen) atoms. The largest absolute Gasteiger partial charge is 0.495 e. The number of amides is 1. The average Bonchev–Trinajstić information content (AvgIpc) is 2.69. The van der Waals surface area contributed by atoms with Crippen molar-refractivity contribution in [2.45, 2.75) is 24.7 Å². The minimum atomic E-state index is -3.75. The van der Waals surface area contributed by atoms with Crippen LogP contribution in [0.4, 0.5) is 5.69 Å². The van der Waals surface area contributed by atoms with Crippen molar-refractivity contribution < 1.29 is 17.9 Å². The highest BCUT2D eigenvalue weighted by Crippen LogP contribution is 2.31. The number of aryl methyl sites for hydroxylation is 1. The lowest BCUT2D eigenvalue weighted by molar-refractivity contribution is -0.120. The highest BCUT2D eigenvalue weighted by molar-refractivity contribution is 9.10. The number of nitrogens with zero attached hydrogens (tertiary/aromatic N) is 1. The maximum absolute atomic E-state index is 13.2. The van der Waals surface area contributed by atoms with E-state index in [2.05, 4.69) is 21.2 Å². The molecule has 8 heteroatoms. The molecule has 1 fully saturated rings. The van der Waals surface area contributed by atoms with Crippen LogP contribution in [0.5, 0.6) is 5.75 Å². The molecule has 1 saturated heterocycles. The molecule has 150 valence electrons. The zero-order chi connectivity index (χ0) is 20.3. The number of hydrogen-bond acceptors (Lipinski definition) is 4. The molecule has 0 bridgehead atoms. The van der Waals surface area contributed by atoms with Gasteiger partial charge in [0.2, 0.25) is 15.9 Å². The standard InChI is InChI=1S/C20H23BrN2O4S/c1-14-5-10-18(27-2)19(12-14)28(25,26)23-11-3-4-15(13-23)20(24)22-17-8-6-16(21)7-9-17/h5-10,12,15H,3-4,11,13H2,1-2H3,(H,22,24)/t15-/m1/s1. The van der Waals surface area contributed by atoms with E-state index < -0.39 is 15.9 Å². The number of piperidine rings is 1. The smallest absolute Gasteiger partial charge is 0.246 e. The second-order valence-corrected chi connectivity index (χ2v) is 9.67. The molecule has 6 nitrogen and oxygen atoms in total. The fourth-order valence-electron chi connectivity index (χ4n) is 3.28. The average molecular weight is 467 g/mol. The van der Waals surface area contributed by atoms with E-state index in [-0.39, 0.29) is 17.3 Å². The molecule has 0 radical (unpaired) electrons. The van der Waals surface area contributed by atoms with Crippen molar-refractivity contribution in [3.05, 3.63) is 52.5 Å². The van der Waals surface area contributed by atoms with Crippen LogP contribution in [0.1, 0.15) is 18.4 Å². The van der Waals surface area contributed by atoms with Gasteiger partial charge in [-0.15, -0.1) is 0 Å². The maximum Gasteiger partial charge on any atom is 0.246 e. The maximum atomic E-state index is 13.2. The van der Waals surface area contributed by atoms with Gasteiger partial charge in [-0.05, 0) is 61.7 Å². The fraction of sp³-hybridized carbons (Fsp3) is 0.350. The van der Waals surface area contributed by atoms with Crippen molar-refractivity contribution in [1.29, 1.82) is 0 Å². The number of halogens is 1. The zero-order valence-electron chi connectivity index (χ0n) is 15.8. The van der Waals surface area contributed by atoms with Gasteiger partial charge in [-0.2, -0.15) is 4.31 Å². The summed E-state index contributed by atoms with van der Waals surface area (Å²) < 4.78 is 33.9. The molecular formula is C20H23BrN2O4S. The Morgan fingerprint density at radius 2 is 1.93 bits per heavy atom. The SMILES string of the molecule is COc1ccc(C)cc1S(=O)(=O)N1CCC[C@@H](C(=O)Nc2ccc(Br)cc2)C1. The second kappa shape index (κ2) is 8.63. The molecule has 3 rings (SSSR count). The quantitative estimate of drug-likeness (QED) is 0.726. The van der Waals surface area contributed by atoms with Gasteiger partial charge in [0.1, 0.15) is 10.6 Å². The van der Waals surface area contributed by atoms with Crippen LogP contribution in [0.15, 0.2) is 51.8 Å². The van der Waals surface area contributed by atoms with Crippen LogP contribution < -0.4 is 10.1 Å². The predicted octanol–water partition coefficient (Wildman–Crippen LogP) is 3.81. The van der Waals surface area contributed by atoms with Crippen LogP contribution in [0, 0.1) is 12.8 Å². The fourth-order valence-corrected chi connectivity index (χ4v) is 5.31. The Balaban J connectivity index is 1.78. The van der Waals surface area contributed by atoms with Gasteiger partial charge in [0.15, 0.2) is 0 Å². The van der Waals surface area contributed by atoms with E-state index in [9.17, 15) is 13.2 Å². The Bertz CT molecular complexity index is 961. The summed E-state index contributed by atoms with van der Waals surface area (Å²) >= 11 is 3.36. The number of methoxy groups -OCH3 is 1. The summed E-state index contributed by atoms with van der Waals surface area (Å²) in [6.07, 6.45) is 1.28. The molecule has 0 aliphatic carbocycles. The van der Waals surface area contributed by atoms with Crippen LogP contribution in [-0.4, -0.2) is 38.8 Å². The lowest BCUT2D eigenvalue weighted by Gasteiger charge is -2.31. The van der Waals surface area contributed by atoms with Crippen molar-refractivity contribution in [3.8, 4) is 5.75 Å². The number of sulfonamides is 1. The summed E-state index contributed by atoms with van der Waals surface area (Å²) in [6, 6.07) is 12.4. The third-order valence-corrected chi connectivity index (χ3v) is 7.22. The van der Waals surface area contributed by atoms with E-state index in [0.29, 0.717) is 30.8 Å². The topological polar surface area (TPSA) is 75.7 Å². The number of carbonyl (C=O) groups is 1. The van der Waals surface area contributed by atoms with Crippen LogP contribution in [0.3, 0.4) is 0 Å². The van der Waals surface area contributed by atoms with Gasteiger partial charge < -0.3 is 10.1 Å². The van der Waals surface area contributed by atoms with E-state index in [1.54, 1.807) is 24.3 Å². The van der Waals surface area contributed by atoms with Crippen molar-refractivity contribution in [2.75, 3.05) is 25.5 Å². The minimum Gasteiger partial charge on any atom is -0.495 e. The van der Waals surface area contributed by atoms with Gasteiger partial charge in [0, 0.05) is 23.2 Å². The molecule has 0 unspecified atom stereocenters. The Morgan fingerprint density at radius 3 is 2.61 bits per heavy atom. The molecule has 1 aliphatic rings. The van der Waals surface area contributed by atoms with Crippen molar-refractivity contribution in [1.82, 2.24) is 4.31 Å². The first kappa shape index (κ1) is 20.8. The first-order chi connectivity index (χ1) is 13.3. The summed E-state index contributed by atoms with van der Waals surface area (Å²) in [5, 5.41) is 2.88. The number of hydrogen-bond donors (Lipinski definition) is 1. The number of rotatable bonds is 5. The van der Waals surface area contributed by atoms with Gasteiger partial charge in [-0.3, -0.25) is 4.79 Å². The van der Waals surface area contributed by atoms with Gasteiger partial charge in [0.05, 0.1) is 13.0 Å². The summed E-state index contributed by atoms with van der Waals surface area (Å²) in [5.41, 5.74) is 1.52. The molecule has 1 aliphatic heterocycles. The van der Waals surface area contributed by atoms with E-state index in [1.165, 1.54) is 11.4 Å². The monoisotopic (exact) mass is 466 g/mol. The second-order valence-electron chi connectivity index (χ2n) is 6.85. The van der Waals surface area contributed by atoms with Gasteiger partial charge in [-0.25, -0.2) is 8.42 Å². The lowest BCUT2D eigenvalue weighted by Crippen LogP contribution is -2.43. The van der Waals surface area contributed by atoms with E-state index in [0.717, 1.165) is 10.0 Å². The summed E-state index contributed by atoms with van der Waals surface area (Å²) in [5.74, 6) is -0.256. The first-order valence-electron chi connectivity index (χ1n) is 9.02. The normalized spacial score (nSPS) is 17.9. The zero-order valence-corrected chi connectivity index (χ0v) is 18.2. The molecule has 1 amide bonds.